The fourth-order valence-corrected chi connectivity index (χ4v) is 4.10. The average Bonchev–Trinajstić information content (AvgIpc) is 3.48. The molecular formula is C29H33N3O3. The van der Waals surface area contributed by atoms with Crippen molar-refractivity contribution in [3.8, 4) is 22.9 Å². The Balaban J connectivity index is 1.70. The molecule has 0 fully saturated rings. The van der Waals surface area contributed by atoms with Gasteiger partial charge in [0.1, 0.15) is 17.2 Å². The topological polar surface area (TPSA) is 63.7 Å². The van der Waals surface area contributed by atoms with Crippen LogP contribution in [-0.4, -0.2) is 32.4 Å². The summed E-state index contributed by atoms with van der Waals surface area (Å²) in [4.78, 5) is 2.18. The number of aliphatic hydroxyl groups excluding tert-OH is 1. The maximum atomic E-state index is 10.7. The van der Waals surface area contributed by atoms with Crippen molar-refractivity contribution >= 4 is 0 Å². The van der Waals surface area contributed by atoms with Gasteiger partial charge in [-0.3, -0.25) is 4.90 Å². The second-order valence-electron chi connectivity index (χ2n) is 8.81. The predicted octanol–water partition coefficient (Wildman–Crippen LogP) is 6.11. The van der Waals surface area contributed by atoms with Crippen LogP contribution in [0.5, 0.6) is 11.6 Å². The van der Waals surface area contributed by atoms with Gasteiger partial charge in [0.25, 0.3) is 0 Å². The largest absolute Gasteiger partial charge is 0.468 e. The molecule has 2 heterocycles. The molecule has 2 aromatic carbocycles. The summed E-state index contributed by atoms with van der Waals surface area (Å²) in [7, 11) is 1.90. The number of aliphatic hydroxyl groups is 1. The maximum absolute atomic E-state index is 10.7. The summed E-state index contributed by atoms with van der Waals surface area (Å²) in [6.45, 7) is 7.41. The Morgan fingerprint density at radius 2 is 1.86 bits per heavy atom. The van der Waals surface area contributed by atoms with Crippen LogP contribution < -0.4 is 4.74 Å². The summed E-state index contributed by atoms with van der Waals surface area (Å²) in [6, 6.07) is 21.9. The van der Waals surface area contributed by atoms with Gasteiger partial charge in [0, 0.05) is 25.7 Å². The summed E-state index contributed by atoms with van der Waals surface area (Å²) in [5.74, 6) is 2.27. The van der Waals surface area contributed by atoms with Gasteiger partial charge in [0.2, 0.25) is 5.88 Å². The van der Waals surface area contributed by atoms with Gasteiger partial charge >= 0.3 is 0 Å². The molecule has 0 aliphatic heterocycles. The third-order valence-corrected chi connectivity index (χ3v) is 5.88. The van der Waals surface area contributed by atoms with Crippen molar-refractivity contribution in [2.75, 3.05) is 6.54 Å². The molecule has 0 bridgehead atoms. The molecule has 0 spiro atoms. The highest BCUT2D eigenvalue weighted by Crippen LogP contribution is 2.34. The molecule has 6 heteroatoms. The summed E-state index contributed by atoms with van der Waals surface area (Å²) < 4.78 is 13.8. The molecule has 1 atom stereocenters. The van der Waals surface area contributed by atoms with Crippen LogP contribution in [0.25, 0.3) is 11.3 Å². The van der Waals surface area contributed by atoms with Crippen molar-refractivity contribution in [3.05, 3.63) is 103 Å². The van der Waals surface area contributed by atoms with Crippen LogP contribution >= 0.6 is 0 Å². The minimum Gasteiger partial charge on any atom is -0.468 e. The minimum absolute atomic E-state index is 0.485. The Morgan fingerprint density at radius 1 is 1.09 bits per heavy atom. The molecule has 1 N–H and O–H groups in total. The quantitative estimate of drug-likeness (QED) is 0.253. The molecule has 0 aliphatic rings. The van der Waals surface area contributed by atoms with Crippen LogP contribution in [0.1, 0.15) is 29.7 Å². The molecular weight excluding hydrogens is 438 g/mol. The molecule has 4 rings (SSSR count). The first-order valence-electron chi connectivity index (χ1n) is 11.9. The summed E-state index contributed by atoms with van der Waals surface area (Å²) in [5.41, 5.74) is 4.01. The lowest BCUT2D eigenvalue weighted by Gasteiger charge is -2.24. The molecule has 2 aromatic heterocycles. The molecule has 35 heavy (non-hydrogen) atoms. The van der Waals surface area contributed by atoms with E-state index in [1.165, 1.54) is 5.56 Å². The van der Waals surface area contributed by atoms with Crippen LogP contribution in [0, 0.1) is 6.92 Å². The third kappa shape index (κ3) is 6.50. The number of ether oxygens (including phenoxy) is 1. The van der Waals surface area contributed by atoms with Crippen molar-refractivity contribution in [2.45, 2.75) is 39.0 Å². The Hall–Kier alpha value is -3.61. The molecule has 0 aliphatic carbocycles. The first-order chi connectivity index (χ1) is 17.0. The summed E-state index contributed by atoms with van der Waals surface area (Å²) in [6.07, 6.45) is 4.44. The minimum atomic E-state index is -0.485. The van der Waals surface area contributed by atoms with Gasteiger partial charge in [-0.1, -0.05) is 54.1 Å². The van der Waals surface area contributed by atoms with Crippen LogP contribution in [0.15, 0.2) is 90.1 Å². The third-order valence-electron chi connectivity index (χ3n) is 5.88. The number of furan rings is 1. The first kappa shape index (κ1) is 24.5. The second kappa shape index (κ2) is 11.7. The lowest BCUT2D eigenvalue weighted by molar-refractivity contribution is 0.0941. The van der Waals surface area contributed by atoms with Crippen molar-refractivity contribution in [2.24, 2.45) is 7.05 Å². The molecule has 0 radical (unpaired) electrons. The smallest absolute Gasteiger partial charge is 0.222 e. The molecule has 182 valence electrons. The van der Waals surface area contributed by atoms with Gasteiger partial charge < -0.3 is 14.3 Å². The van der Waals surface area contributed by atoms with Gasteiger partial charge in [-0.15, -0.1) is 6.58 Å². The van der Waals surface area contributed by atoms with E-state index in [2.05, 4.69) is 30.5 Å². The number of hydrogen-bond donors (Lipinski definition) is 1. The summed E-state index contributed by atoms with van der Waals surface area (Å²) >= 11 is 0. The zero-order valence-electron chi connectivity index (χ0n) is 20.4. The fourth-order valence-electron chi connectivity index (χ4n) is 4.10. The van der Waals surface area contributed by atoms with Crippen molar-refractivity contribution < 1.29 is 14.3 Å². The van der Waals surface area contributed by atoms with E-state index in [1.807, 2.05) is 67.7 Å². The van der Waals surface area contributed by atoms with Gasteiger partial charge in [-0.2, -0.15) is 5.10 Å². The highest BCUT2D eigenvalue weighted by Gasteiger charge is 2.24. The van der Waals surface area contributed by atoms with Gasteiger partial charge in [-0.25, -0.2) is 4.68 Å². The van der Waals surface area contributed by atoms with Crippen LogP contribution in [0.2, 0.25) is 0 Å². The second-order valence-corrected chi connectivity index (χ2v) is 8.81. The number of rotatable bonds is 12. The first-order valence-corrected chi connectivity index (χ1v) is 11.9. The van der Waals surface area contributed by atoms with Gasteiger partial charge in [0.15, 0.2) is 0 Å². The van der Waals surface area contributed by atoms with Crippen LogP contribution in [0.4, 0.5) is 0 Å². The standard InChI is InChI=1S/C29H33N3O3/c1-4-5-12-24(33)19-32(20-26-13-9-18-34-26)21-27-28(23-10-7-6-8-11-23)30-31(3)29(27)35-25-16-14-22(2)15-17-25/h4,6-11,13-18,24,33H,1,5,12,19-21H2,2-3H3. The molecule has 6 nitrogen and oxygen atoms in total. The number of aromatic nitrogens is 2. The van der Waals surface area contributed by atoms with E-state index in [9.17, 15) is 5.11 Å². The van der Waals surface area contributed by atoms with E-state index < -0.39 is 6.10 Å². The van der Waals surface area contributed by atoms with E-state index in [4.69, 9.17) is 14.3 Å². The van der Waals surface area contributed by atoms with Crippen LogP contribution in [0.3, 0.4) is 0 Å². The van der Waals surface area contributed by atoms with E-state index in [0.29, 0.717) is 31.9 Å². The Labute approximate surface area is 207 Å². The predicted molar refractivity (Wildman–Crippen MR) is 138 cm³/mol. The number of hydrogen-bond acceptors (Lipinski definition) is 5. The number of aryl methyl sites for hydroxylation is 2. The molecule has 0 saturated carbocycles. The Morgan fingerprint density at radius 3 is 2.54 bits per heavy atom. The van der Waals surface area contributed by atoms with E-state index in [1.54, 1.807) is 10.9 Å². The molecule has 0 saturated heterocycles. The van der Waals surface area contributed by atoms with Gasteiger partial charge in [-0.05, 0) is 44.0 Å². The van der Waals surface area contributed by atoms with Crippen molar-refractivity contribution in [1.82, 2.24) is 14.7 Å². The molecule has 1 unspecified atom stereocenters. The normalized spacial score (nSPS) is 12.1. The number of nitrogens with zero attached hydrogens (tertiary/aromatic N) is 3. The summed E-state index contributed by atoms with van der Waals surface area (Å²) in [5, 5.41) is 15.5. The molecule has 0 amide bonds. The van der Waals surface area contributed by atoms with Crippen molar-refractivity contribution in [3.63, 3.8) is 0 Å². The SMILES string of the molecule is C=CCCC(O)CN(Cc1ccco1)Cc1c(-c2ccccc2)nn(C)c1Oc1ccc(C)cc1. The fraction of sp³-hybridized carbons (Fsp3) is 0.276. The molecule has 4 aromatic rings. The highest BCUT2D eigenvalue weighted by atomic mass is 16.5. The van der Waals surface area contributed by atoms with E-state index >= 15 is 0 Å². The lowest BCUT2D eigenvalue weighted by Crippen LogP contribution is -2.31. The lowest BCUT2D eigenvalue weighted by atomic mass is 10.1. The average molecular weight is 472 g/mol. The van der Waals surface area contributed by atoms with Crippen molar-refractivity contribution in [1.29, 1.82) is 0 Å². The number of benzene rings is 2. The van der Waals surface area contributed by atoms with Crippen LogP contribution in [-0.2, 0) is 20.1 Å². The maximum Gasteiger partial charge on any atom is 0.222 e. The Bertz CT molecular complexity index is 1200. The monoisotopic (exact) mass is 471 g/mol. The highest BCUT2D eigenvalue weighted by molar-refractivity contribution is 5.65. The van der Waals surface area contributed by atoms with E-state index in [-0.39, 0.29) is 0 Å². The van der Waals surface area contributed by atoms with Gasteiger partial charge in [0.05, 0.1) is 24.5 Å². The zero-order valence-corrected chi connectivity index (χ0v) is 20.4. The number of allylic oxidation sites excluding steroid dienone is 1. The Kier molecular flexibility index (Phi) is 8.19. The van der Waals surface area contributed by atoms with E-state index in [0.717, 1.165) is 34.8 Å². The zero-order chi connectivity index (χ0) is 24.6.